The summed E-state index contributed by atoms with van der Waals surface area (Å²) in [6.07, 6.45) is -1.43. The second-order valence-electron chi connectivity index (χ2n) is 12.1. The Morgan fingerprint density at radius 2 is 1.94 bits per heavy atom. The fourth-order valence-corrected chi connectivity index (χ4v) is 6.04. The molecule has 2 aromatic heterocycles. The molecule has 0 radical (unpaired) electrons. The van der Waals surface area contributed by atoms with Crippen molar-refractivity contribution < 1.29 is 34.7 Å². The summed E-state index contributed by atoms with van der Waals surface area (Å²) in [4.78, 5) is 37.5. The molecule has 9 atom stereocenters. The maximum atomic E-state index is 11.7. The number of nitrogens with one attached hydrogen (secondary N) is 1. The van der Waals surface area contributed by atoms with Crippen molar-refractivity contribution in [2.75, 3.05) is 31.9 Å². The van der Waals surface area contributed by atoms with Crippen LogP contribution in [0.1, 0.15) is 60.3 Å². The van der Waals surface area contributed by atoms with Gasteiger partial charge in [0.05, 0.1) is 12.6 Å². The van der Waals surface area contributed by atoms with E-state index in [9.17, 15) is 30.1 Å². The van der Waals surface area contributed by atoms with Gasteiger partial charge in [0.15, 0.2) is 29.0 Å². The van der Waals surface area contributed by atoms with E-state index in [0.717, 1.165) is 0 Å². The lowest BCUT2D eigenvalue weighted by Crippen LogP contribution is -2.40. The highest BCUT2D eigenvalue weighted by Gasteiger charge is 2.46. The van der Waals surface area contributed by atoms with Crippen LogP contribution in [0.15, 0.2) is 35.8 Å². The number of hydrogen-bond acceptors (Lipinski definition) is 15. The van der Waals surface area contributed by atoms with Crippen LogP contribution in [0.2, 0.25) is 0 Å². The third-order valence-electron chi connectivity index (χ3n) is 8.76. The summed E-state index contributed by atoms with van der Waals surface area (Å²) in [5, 5.41) is 49.6. The number of primary amides is 1. The number of unbranched alkanes of at least 4 members (excludes halogenated alkanes) is 1. The summed E-state index contributed by atoms with van der Waals surface area (Å²) in [6.45, 7) is 2.63. The fraction of sp³-hybridized carbons (Fsp3) is 0.515. The van der Waals surface area contributed by atoms with E-state index in [0.29, 0.717) is 31.4 Å². The summed E-state index contributed by atoms with van der Waals surface area (Å²) in [7, 11) is 0. The molecule has 1 aromatic carbocycles. The molecule has 1 amide bonds. The van der Waals surface area contributed by atoms with Crippen molar-refractivity contribution in [3.05, 3.63) is 52.5 Å². The molecule has 17 nitrogen and oxygen atoms in total. The van der Waals surface area contributed by atoms with E-state index >= 15 is 0 Å². The molecule has 3 aromatic rings. The van der Waals surface area contributed by atoms with Gasteiger partial charge >= 0.3 is 0 Å². The summed E-state index contributed by atoms with van der Waals surface area (Å²) < 4.78 is 13.6. The SMILES string of the molecule is C#CCCCN(CC#Cc1nc2c(N)ncnc2n1C1OC(CNC(CC)N=O)C(O)C1O)CC1OC(c2cccc(C(N)=O)c2)C(O)C1O. The van der Waals surface area contributed by atoms with E-state index in [1.807, 2.05) is 4.90 Å². The number of aliphatic hydroxyl groups excluding tert-OH is 4. The van der Waals surface area contributed by atoms with Gasteiger partial charge in [0.25, 0.3) is 0 Å². The maximum Gasteiger partial charge on any atom is 0.248 e. The van der Waals surface area contributed by atoms with Gasteiger partial charge in [0.1, 0.15) is 49.1 Å². The van der Waals surface area contributed by atoms with Crippen LogP contribution in [0, 0.1) is 29.1 Å². The van der Waals surface area contributed by atoms with Gasteiger partial charge in [-0.3, -0.25) is 19.6 Å². The average molecular weight is 692 g/mol. The predicted molar refractivity (Wildman–Crippen MR) is 180 cm³/mol. The Morgan fingerprint density at radius 1 is 1.16 bits per heavy atom. The maximum absolute atomic E-state index is 11.7. The summed E-state index contributed by atoms with van der Waals surface area (Å²) >= 11 is 0. The molecule has 9 N–H and O–H groups in total. The van der Waals surface area contributed by atoms with E-state index in [1.165, 1.54) is 17.0 Å². The molecule has 0 spiro atoms. The average Bonchev–Trinajstić information content (AvgIpc) is 3.72. The summed E-state index contributed by atoms with van der Waals surface area (Å²) in [5.41, 5.74) is 12.7. The van der Waals surface area contributed by atoms with Crippen LogP contribution >= 0.6 is 0 Å². The number of anilines is 1. The molecule has 2 saturated heterocycles. The van der Waals surface area contributed by atoms with E-state index < -0.39 is 61.0 Å². The van der Waals surface area contributed by atoms with Crippen molar-refractivity contribution in [2.45, 2.75) is 81.3 Å². The lowest BCUT2D eigenvalue weighted by Gasteiger charge is -2.24. The van der Waals surface area contributed by atoms with Crippen LogP contribution in [0.5, 0.6) is 0 Å². The minimum atomic E-state index is -1.41. The summed E-state index contributed by atoms with van der Waals surface area (Å²) in [5.74, 6) is 8.25. The molecular weight excluding hydrogens is 650 g/mol. The van der Waals surface area contributed by atoms with Crippen molar-refractivity contribution in [2.24, 2.45) is 10.9 Å². The molecule has 2 aliphatic rings. The van der Waals surface area contributed by atoms with E-state index in [-0.39, 0.29) is 48.0 Å². The number of carbonyl (C=O) groups is 1. The van der Waals surface area contributed by atoms with Crippen LogP contribution in [0.3, 0.4) is 0 Å². The molecule has 50 heavy (non-hydrogen) atoms. The van der Waals surface area contributed by atoms with Crippen LogP contribution < -0.4 is 16.8 Å². The van der Waals surface area contributed by atoms with Gasteiger partial charge in [-0.1, -0.05) is 30.2 Å². The van der Waals surface area contributed by atoms with Crippen LogP contribution in [-0.4, -0.2) is 120 Å². The molecule has 9 unspecified atom stereocenters. The first-order valence-corrected chi connectivity index (χ1v) is 16.2. The van der Waals surface area contributed by atoms with E-state index in [4.69, 9.17) is 27.4 Å². The quantitative estimate of drug-likeness (QED) is 0.0618. The number of amides is 1. The first-order chi connectivity index (χ1) is 24.1. The molecule has 0 saturated carbocycles. The number of fused-ring (bicyclic) bond motifs is 1. The molecule has 17 heteroatoms. The fourth-order valence-electron chi connectivity index (χ4n) is 6.04. The largest absolute Gasteiger partial charge is 0.388 e. The third kappa shape index (κ3) is 7.91. The second kappa shape index (κ2) is 16.4. The highest BCUT2D eigenvalue weighted by molar-refractivity contribution is 5.92. The predicted octanol–water partition coefficient (Wildman–Crippen LogP) is -0.852. The van der Waals surface area contributed by atoms with Crippen molar-refractivity contribution in [1.82, 2.24) is 29.7 Å². The number of benzene rings is 1. The Kier molecular flexibility index (Phi) is 12.1. The number of aromatic nitrogens is 4. The van der Waals surface area contributed by atoms with Gasteiger partial charge in [0.2, 0.25) is 5.91 Å². The van der Waals surface area contributed by atoms with Crippen LogP contribution in [-0.2, 0) is 9.47 Å². The van der Waals surface area contributed by atoms with Gasteiger partial charge in [-0.05, 0) is 36.5 Å². The molecule has 0 aliphatic carbocycles. The lowest BCUT2D eigenvalue weighted by atomic mass is 9.99. The third-order valence-corrected chi connectivity index (χ3v) is 8.76. The Bertz CT molecular complexity index is 1770. The number of carbonyl (C=O) groups excluding carboxylic acids is 1. The minimum Gasteiger partial charge on any atom is -0.388 e. The van der Waals surface area contributed by atoms with Crippen LogP contribution in [0.4, 0.5) is 5.82 Å². The summed E-state index contributed by atoms with van der Waals surface area (Å²) in [6, 6.07) is 6.38. The number of ether oxygens (including phenoxy) is 2. The number of aliphatic hydroxyl groups is 4. The molecule has 266 valence electrons. The Hall–Kier alpha value is -4.56. The van der Waals surface area contributed by atoms with E-state index in [2.05, 4.69) is 43.2 Å². The van der Waals surface area contributed by atoms with Crippen molar-refractivity contribution >= 4 is 22.9 Å². The topological polar surface area (TPSA) is 257 Å². The normalized spacial score (nSPS) is 26.8. The van der Waals surface area contributed by atoms with Crippen molar-refractivity contribution in [3.8, 4) is 24.2 Å². The number of nitroso groups, excluding NO2 is 1. The second-order valence-corrected chi connectivity index (χ2v) is 12.1. The Balaban J connectivity index is 1.37. The monoisotopic (exact) mass is 691 g/mol. The first-order valence-electron chi connectivity index (χ1n) is 16.2. The highest BCUT2D eigenvalue weighted by Crippen LogP contribution is 2.35. The van der Waals surface area contributed by atoms with Gasteiger partial charge in [-0.2, -0.15) is 0 Å². The van der Waals surface area contributed by atoms with Gasteiger partial charge in [-0.15, -0.1) is 17.3 Å². The molecule has 2 fully saturated rings. The number of imidazole rings is 1. The molecule has 2 aliphatic heterocycles. The van der Waals surface area contributed by atoms with E-state index in [1.54, 1.807) is 25.1 Å². The molecule has 5 rings (SSSR count). The number of nitrogens with two attached hydrogens (primary N) is 2. The van der Waals surface area contributed by atoms with Crippen LogP contribution in [0.25, 0.3) is 11.2 Å². The Morgan fingerprint density at radius 3 is 2.66 bits per heavy atom. The number of nitrogens with zero attached hydrogens (tertiary/aromatic N) is 6. The zero-order valence-corrected chi connectivity index (χ0v) is 27.4. The number of hydrogen-bond donors (Lipinski definition) is 7. The zero-order valence-electron chi connectivity index (χ0n) is 27.4. The number of nitrogen functional groups attached to an aromatic ring is 1. The van der Waals surface area contributed by atoms with Gasteiger partial charge in [0, 0.05) is 31.6 Å². The first kappa shape index (κ1) is 36.7. The molecular formula is C33H41N9O8. The number of terminal acetylenes is 1. The standard InChI is InChI=1S/C33H41N9O8/c1-3-5-6-12-41(16-21-26(44)27(45)29(49-21)18-9-7-10-19(14-18)31(35)47)13-8-11-23-39-24-30(34)37-17-38-32(24)42(23)33-28(46)25(43)20(50-33)15-36-22(4-2)40-48/h1,7,9-10,14,17,20-22,25-29,33,36,43-46H,4-6,12-13,15-16H2,2H3,(H2,35,47)(H2,34,37,38). The van der Waals surface area contributed by atoms with Gasteiger partial charge in [-0.25, -0.2) is 15.0 Å². The van der Waals surface area contributed by atoms with Gasteiger partial charge < -0.3 is 41.4 Å². The Labute approximate surface area is 288 Å². The van der Waals surface area contributed by atoms with Crippen molar-refractivity contribution in [3.63, 3.8) is 0 Å². The highest BCUT2D eigenvalue weighted by atomic mass is 16.6. The zero-order chi connectivity index (χ0) is 35.9. The lowest BCUT2D eigenvalue weighted by molar-refractivity contribution is -0.0351. The number of rotatable bonds is 14. The van der Waals surface area contributed by atoms with Crippen molar-refractivity contribution in [1.29, 1.82) is 0 Å². The smallest absolute Gasteiger partial charge is 0.248 e. The molecule has 0 bridgehead atoms. The molecule has 4 heterocycles. The minimum absolute atomic E-state index is 0.0393.